The average molecular weight is 604 g/mol. The summed E-state index contributed by atoms with van der Waals surface area (Å²) in [5, 5.41) is 4.93. The summed E-state index contributed by atoms with van der Waals surface area (Å²) in [6.07, 6.45) is 5.81. The largest absolute Gasteiger partial charge is 0.208 e. The minimum Gasteiger partial charge on any atom is -0.208 e. The third-order valence-electron chi connectivity index (χ3n) is 12.5. The molecule has 0 radical (unpaired) electrons. The second-order valence-electron chi connectivity index (χ2n) is 14.7. The Hall–Kier alpha value is -5.15. The second kappa shape index (κ2) is 9.23. The quantitative estimate of drug-likeness (QED) is 0.184. The van der Waals surface area contributed by atoms with E-state index in [1.54, 1.807) is 5.56 Å². The Bertz CT molecular complexity index is 2380. The van der Waals surface area contributed by atoms with Crippen LogP contribution in [0.1, 0.15) is 31.2 Å². The van der Waals surface area contributed by atoms with Crippen LogP contribution in [0.5, 0.6) is 0 Å². The van der Waals surface area contributed by atoms with Gasteiger partial charge in [-0.3, -0.25) is 0 Å². The van der Waals surface area contributed by atoms with E-state index in [2.05, 4.69) is 133 Å². The molecule has 0 aliphatic heterocycles. The summed E-state index contributed by atoms with van der Waals surface area (Å²) >= 11 is 0. The lowest BCUT2D eigenvalue weighted by molar-refractivity contribution is -0.102. The van der Waals surface area contributed by atoms with Gasteiger partial charge in [0.15, 0.2) is 17.5 Å². The molecule has 3 heteroatoms. The van der Waals surface area contributed by atoms with Gasteiger partial charge < -0.3 is 0 Å². The maximum absolute atomic E-state index is 5.12. The molecule has 1 spiro atoms. The molecule has 4 saturated carbocycles. The first kappa shape index (κ1) is 26.0. The molecule has 5 unspecified atom stereocenters. The smallest absolute Gasteiger partial charge is 0.164 e. The minimum absolute atomic E-state index is 0.440. The van der Waals surface area contributed by atoms with Crippen LogP contribution in [0, 0.1) is 23.2 Å². The molecule has 5 atom stereocenters. The second-order valence-corrected chi connectivity index (χ2v) is 14.7. The molecular formula is C44H33N3. The molecule has 4 aliphatic carbocycles. The molecule has 4 aliphatic rings. The fourth-order valence-corrected chi connectivity index (χ4v) is 10.3. The zero-order valence-corrected chi connectivity index (χ0v) is 26.1. The first-order valence-electron chi connectivity index (χ1n) is 17.1. The van der Waals surface area contributed by atoms with Crippen molar-refractivity contribution in [1.82, 2.24) is 15.0 Å². The van der Waals surface area contributed by atoms with Gasteiger partial charge in [0.05, 0.1) is 0 Å². The van der Waals surface area contributed by atoms with Crippen LogP contribution in [-0.4, -0.2) is 15.0 Å². The molecule has 1 aromatic heterocycles. The highest BCUT2D eigenvalue weighted by Gasteiger charge is 2.83. The van der Waals surface area contributed by atoms with Crippen molar-refractivity contribution in [2.24, 2.45) is 23.2 Å². The van der Waals surface area contributed by atoms with Crippen molar-refractivity contribution in [3.05, 3.63) is 139 Å². The number of benzene rings is 6. The molecular weight excluding hydrogens is 571 g/mol. The molecule has 0 N–H and O–H groups in total. The van der Waals surface area contributed by atoms with E-state index in [9.17, 15) is 0 Å². The lowest BCUT2D eigenvalue weighted by Gasteiger charge is -2.64. The molecule has 7 aromatic rings. The Balaban J connectivity index is 1.01. The maximum atomic E-state index is 5.12. The molecule has 47 heavy (non-hydrogen) atoms. The van der Waals surface area contributed by atoms with Gasteiger partial charge in [0.2, 0.25) is 0 Å². The van der Waals surface area contributed by atoms with Gasteiger partial charge in [0.25, 0.3) is 0 Å². The third kappa shape index (κ3) is 3.66. The van der Waals surface area contributed by atoms with Crippen LogP contribution in [0.25, 0.3) is 66.8 Å². The molecule has 6 aromatic carbocycles. The van der Waals surface area contributed by atoms with Crippen molar-refractivity contribution >= 4 is 21.5 Å². The molecule has 11 rings (SSSR count). The summed E-state index contributed by atoms with van der Waals surface area (Å²) in [5.74, 6) is 5.05. The predicted octanol–water partition coefficient (Wildman–Crippen LogP) is 10.5. The Morgan fingerprint density at radius 2 is 1.04 bits per heavy atom. The van der Waals surface area contributed by atoms with Gasteiger partial charge in [-0.2, -0.15) is 0 Å². The van der Waals surface area contributed by atoms with Crippen molar-refractivity contribution in [2.75, 3.05) is 0 Å². The summed E-state index contributed by atoms with van der Waals surface area (Å²) in [7, 11) is 0. The van der Waals surface area contributed by atoms with E-state index < -0.39 is 0 Å². The first-order chi connectivity index (χ1) is 23.2. The number of hydrogen-bond acceptors (Lipinski definition) is 3. The van der Waals surface area contributed by atoms with Crippen molar-refractivity contribution in [3.63, 3.8) is 0 Å². The Kier molecular flexibility index (Phi) is 5.10. The zero-order valence-electron chi connectivity index (χ0n) is 26.1. The minimum atomic E-state index is 0.440. The molecule has 3 nitrogen and oxygen atoms in total. The van der Waals surface area contributed by atoms with Crippen LogP contribution in [0.15, 0.2) is 133 Å². The van der Waals surface area contributed by atoms with Crippen LogP contribution in [0.3, 0.4) is 0 Å². The van der Waals surface area contributed by atoms with Crippen LogP contribution in [-0.2, 0) is 5.41 Å². The Morgan fingerprint density at radius 3 is 1.81 bits per heavy atom. The van der Waals surface area contributed by atoms with Crippen LogP contribution >= 0.6 is 0 Å². The van der Waals surface area contributed by atoms with Gasteiger partial charge in [0.1, 0.15) is 0 Å². The Morgan fingerprint density at radius 1 is 0.447 bits per heavy atom. The highest BCUT2D eigenvalue weighted by Crippen LogP contribution is 2.89. The highest BCUT2D eigenvalue weighted by molar-refractivity contribution is 6.08. The van der Waals surface area contributed by atoms with E-state index in [4.69, 9.17) is 15.0 Å². The lowest BCUT2D eigenvalue weighted by atomic mass is 9.40. The van der Waals surface area contributed by atoms with E-state index in [0.29, 0.717) is 17.1 Å². The molecule has 0 amide bonds. The maximum Gasteiger partial charge on any atom is 0.164 e. The molecule has 4 fully saturated rings. The molecule has 224 valence electrons. The monoisotopic (exact) mass is 603 g/mol. The normalized spacial score (nSPS) is 26.3. The number of hydrogen-bond donors (Lipinski definition) is 0. The standard InChI is InChI=1S/C44H33N3/c1-2-6-27(7-3-1)28-10-13-30(14-11-28)40-45-41(31-16-19-35(20-17-31)43-23-34-24-44(39(34)43)26-36(44)25-43)47-42(46-40)33-18-21-38-32(22-33)15-12-29-8-4-5-9-37(29)38/h1-22,34,36,39H,23-26H2. The van der Waals surface area contributed by atoms with E-state index >= 15 is 0 Å². The predicted molar refractivity (Wildman–Crippen MR) is 190 cm³/mol. The van der Waals surface area contributed by atoms with Gasteiger partial charge in [-0.25, -0.2) is 15.0 Å². The average Bonchev–Trinajstić information content (AvgIpc) is 3.83. The highest BCUT2D eigenvalue weighted by atomic mass is 15.0. The molecule has 1 heterocycles. The van der Waals surface area contributed by atoms with Crippen molar-refractivity contribution in [1.29, 1.82) is 0 Å². The van der Waals surface area contributed by atoms with E-state index in [1.165, 1.54) is 58.4 Å². The fourth-order valence-electron chi connectivity index (χ4n) is 10.3. The van der Waals surface area contributed by atoms with Crippen LogP contribution < -0.4 is 0 Å². The van der Waals surface area contributed by atoms with Gasteiger partial charge >= 0.3 is 0 Å². The van der Waals surface area contributed by atoms with Gasteiger partial charge in [-0.1, -0.05) is 127 Å². The van der Waals surface area contributed by atoms with Crippen molar-refractivity contribution in [2.45, 2.75) is 31.1 Å². The summed E-state index contributed by atoms with van der Waals surface area (Å²) in [4.78, 5) is 15.3. The summed E-state index contributed by atoms with van der Waals surface area (Å²) < 4.78 is 0. The topological polar surface area (TPSA) is 38.7 Å². The van der Waals surface area contributed by atoms with E-state index in [0.717, 1.165) is 45.7 Å². The van der Waals surface area contributed by atoms with E-state index in [1.807, 2.05) is 0 Å². The first-order valence-corrected chi connectivity index (χ1v) is 17.1. The summed E-state index contributed by atoms with van der Waals surface area (Å²) in [6.45, 7) is 0. The number of fused-ring (bicyclic) bond motifs is 3. The summed E-state index contributed by atoms with van der Waals surface area (Å²) in [6, 6.07) is 48.0. The number of rotatable bonds is 5. The zero-order chi connectivity index (χ0) is 30.7. The van der Waals surface area contributed by atoms with Gasteiger partial charge in [0, 0.05) is 16.7 Å². The Labute approximate surface area is 274 Å². The lowest BCUT2D eigenvalue weighted by Crippen LogP contribution is -2.59. The summed E-state index contributed by atoms with van der Waals surface area (Å²) in [5.41, 5.74) is 8.12. The SMILES string of the molecule is c1ccc(-c2ccc(-c3nc(-c4ccc(C56CC7CC8(CC8C5)C76)cc4)nc(-c4ccc5c(ccc6ccccc65)c4)n3)cc2)cc1. The fraction of sp³-hybridized carbons (Fsp3) is 0.205. The van der Waals surface area contributed by atoms with Gasteiger partial charge in [-0.15, -0.1) is 0 Å². The van der Waals surface area contributed by atoms with E-state index in [-0.39, 0.29) is 0 Å². The number of nitrogens with zero attached hydrogens (tertiary/aromatic N) is 3. The third-order valence-corrected chi connectivity index (χ3v) is 12.5. The van der Waals surface area contributed by atoms with Crippen LogP contribution in [0.2, 0.25) is 0 Å². The van der Waals surface area contributed by atoms with Crippen molar-refractivity contribution in [3.8, 4) is 45.3 Å². The van der Waals surface area contributed by atoms with Crippen LogP contribution in [0.4, 0.5) is 0 Å². The molecule has 0 saturated heterocycles. The number of aromatic nitrogens is 3. The molecule has 0 bridgehead atoms. The van der Waals surface area contributed by atoms with Gasteiger partial charge in [-0.05, 0) is 98.6 Å². The van der Waals surface area contributed by atoms with Crippen molar-refractivity contribution < 1.29 is 0 Å².